The Bertz CT molecular complexity index is 2370. The van der Waals surface area contributed by atoms with E-state index in [2.05, 4.69) is 59.3 Å². The standard InChI is InChI=1S/C18H20ClNS.2C18H20FNOS/c1-13-2-7-18(21-16-5-3-15(19)4-6-16)17(12-13)14-8-10-20-11-9-14;1-21-15-3-5-16(6-4-15)22-18-7-2-14(19)12-17(18)13-8-10-20-11-9-13;1-21-14-5-7-15(8-6-14)22-18-16(3-2-4-17(18)19)13-9-11-20-12-10-13/h2-7,12,14,20H,8-11H2,1H3;2-7,12-13,20H,8-11H2,1H3;2-8,13,20H,9-12H2,1H3. The minimum absolute atomic E-state index is 0.128. The normalized spacial score (nSPS) is 15.8. The minimum atomic E-state index is -0.146. The highest BCUT2D eigenvalue weighted by Gasteiger charge is 2.22. The summed E-state index contributed by atoms with van der Waals surface area (Å²) in [7, 11) is 3.31. The number of halogens is 3. The van der Waals surface area contributed by atoms with Gasteiger partial charge in [-0.1, -0.05) is 76.7 Å². The SMILES string of the molecule is COc1ccc(Sc2c(F)cccc2C2CCNCC2)cc1.COc1ccc(Sc2ccc(F)cc2C2CCNCC2)cc1.Cc1ccc(Sc2ccc(Cl)cc2)c(C2CCNCC2)c1. The zero-order valence-corrected chi connectivity index (χ0v) is 40.7. The molecule has 0 spiro atoms. The lowest BCUT2D eigenvalue weighted by atomic mass is 9.89. The van der Waals surface area contributed by atoms with Crippen LogP contribution in [0.15, 0.2) is 157 Å². The van der Waals surface area contributed by atoms with Gasteiger partial charge < -0.3 is 25.4 Å². The van der Waals surface area contributed by atoms with Crippen LogP contribution < -0.4 is 25.4 Å². The van der Waals surface area contributed by atoms with Crippen LogP contribution in [0.4, 0.5) is 8.78 Å². The van der Waals surface area contributed by atoms with Crippen LogP contribution in [-0.2, 0) is 0 Å². The Kier molecular flexibility index (Phi) is 19.0. The van der Waals surface area contributed by atoms with Crippen molar-refractivity contribution in [3.05, 3.63) is 166 Å². The van der Waals surface area contributed by atoms with E-state index < -0.39 is 0 Å². The van der Waals surface area contributed by atoms with Crippen molar-refractivity contribution in [1.29, 1.82) is 0 Å². The molecule has 3 aliphatic rings. The van der Waals surface area contributed by atoms with Gasteiger partial charge in [0.25, 0.3) is 0 Å². The van der Waals surface area contributed by atoms with Crippen molar-refractivity contribution < 1.29 is 18.3 Å². The van der Waals surface area contributed by atoms with Gasteiger partial charge in [-0.3, -0.25) is 0 Å². The van der Waals surface area contributed by atoms with Crippen molar-refractivity contribution in [3.8, 4) is 11.5 Å². The van der Waals surface area contributed by atoms with Crippen LogP contribution in [0.5, 0.6) is 11.5 Å². The highest BCUT2D eigenvalue weighted by atomic mass is 35.5. The molecule has 0 atom stereocenters. The van der Waals surface area contributed by atoms with Crippen LogP contribution in [0.3, 0.4) is 0 Å². The molecule has 0 bridgehead atoms. The fraction of sp³-hybridized carbons (Fsp3) is 0.333. The summed E-state index contributed by atoms with van der Waals surface area (Å²) in [4.78, 5) is 6.72. The first kappa shape index (κ1) is 48.9. The summed E-state index contributed by atoms with van der Waals surface area (Å²) in [5, 5.41) is 11.0. The van der Waals surface area contributed by atoms with Gasteiger partial charge in [0.15, 0.2) is 0 Å². The third-order valence-electron chi connectivity index (χ3n) is 12.1. The summed E-state index contributed by atoms with van der Waals surface area (Å²) in [6.07, 6.45) is 6.74. The number of nitrogens with one attached hydrogen (secondary N) is 3. The van der Waals surface area contributed by atoms with Crippen molar-refractivity contribution in [2.24, 2.45) is 0 Å². The van der Waals surface area contributed by atoms with Crippen LogP contribution >= 0.6 is 46.9 Å². The highest BCUT2D eigenvalue weighted by molar-refractivity contribution is 8.00. The summed E-state index contributed by atoms with van der Waals surface area (Å²) < 4.78 is 38.4. The van der Waals surface area contributed by atoms with Gasteiger partial charge in [-0.25, -0.2) is 8.78 Å². The maximum Gasteiger partial charge on any atom is 0.137 e. The molecule has 3 N–H and O–H groups in total. The van der Waals surface area contributed by atoms with E-state index in [4.69, 9.17) is 21.1 Å². The lowest BCUT2D eigenvalue weighted by Gasteiger charge is -2.25. The van der Waals surface area contributed by atoms with E-state index in [0.717, 1.165) is 112 Å². The zero-order valence-electron chi connectivity index (χ0n) is 37.5. The third kappa shape index (κ3) is 14.5. The Labute approximate surface area is 402 Å². The molecule has 3 heterocycles. The largest absolute Gasteiger partial charge is 0.497 e. The lowest BCUT2D eigenvalue weighted by molar-refractivity contribution is 0.414. The molecule has 11 heteroatoms. The maximum absolute atomic E-state index is 14.4. The van der Waals surface area contributed by atoms with E-state index >= 15 is 0 Å². The molecule has 6 aromatic rings. The third-order valence-corrected chi connectivity index (χ3v) is 15.7. The molecular weight excluding hydrogens is 892 g/mol. The molecule has 0 amide bonds. The molecular formula is C54H60ClF2N3O2S3. The summed E-state index contributed by atoms with van der Waals surface area (Å²) in [6.45, 7) is 8.47. The Morgan fingerprint density at radius 3 is 1.42 bits per heavy atom. The molecule has 0 saturated carbocycles. The molecule has 0 aromatic heterocycles. The summed E-state index contributed by atoms with van der Waals surface area (Å²) in [5.74, 6) is 2.96. The van der Waals surface area contributed by atoms with Gasteiger partial charge in [0, 0.05) is 29.5 Å². The van der Waals surface area contributed by atoms with Crippen molar-refractivity contribution in [1.82, 2.24) is 16.0 Å². The van der Waals surface area contributed by atoms with E-state index in [1.54, 1.807) is 44.2 Å². The van der Waals surface area contributed by atoms with Crippen LogP contribution in [0.1, 0.15) is 78.5 Å². The van der Waals surface area contributed by atoms with Gasteiger partial charge in [-0.2, -0.15) is 0 Å². The smallest absolute Gasteiger partial charge is 0.137 e. The summed E-state index contributed by atoms with van der Waals surface area (Å²) in [6, 6.07) is 41.3. The number of benzene rings is 6. The van der Waals surface area contributed by atoms with Crippen molar-refractivity contribution >= 4 is 46.9 Å². The van der Waals surface area contributed by atoms with Gasteiger partial charge >= 0.3 is 0 Å². The Morgan fingerprint density at radius 2 is 0.923 bits per heavy atom. The molecule has 65 heavy (non-hydrogen) atoms. The molecule has 3 aliphatic heterocycles. The maximum atomic E-state index is 14.4. The van der Waals surface area contributed by atoms with Gasteiger partial charge in [0.2, 0.25) is 0 Å². The first-order valence-corrected chi connectivity index (χ1v) is 25.5. The van der Waals surface area contributed by atoms with Gasteiger partial charge in [-0.15, -0.1) is 0 Å². The van der Waals surface area contributed by atoms with Gasteiger partial charge in [0.1, 0.15) is 23.1 Å². The Balaban J connectivity index is 0.000000145. The van der Waals surface area contributed by atoms with E-state index in [1.165, 1.54) is 45.5 Å². The predicted molar refractivity (Wildman–Crippen MR) is 268 cm³/mol. The number of ether oxygens (including phenoxy) is 2. The number of aryl methyl sites for hydroxylation is 1. The number of hydrogen-bond donors (Lipinski definition) is 3. The second-order valence-electron chi connectivity index (χ2n) is 16.6. The fourth-order valence-electron chi connectivity index (χ4n) is 8.53. The van der Waals surface area contributed by atoms with Crippen LogP contribution in [0.2, 0.25) is 5.02 Å². The number of methoxy groups -OCH3 is 2. The minimum Gasteiger partial charge on any atom is -0.497 e. The first-order valence-electron chi connectivity index (χ1n) is 22.6. The summed E-state index contributed by atoms with van der Waals surface area (Å²) in [5.41, 5.74) is 5.14. The predicted octanol–water partition coefficient (Wildman–Crippen LogP) is 14.2. The van der Waals surface area contributed by atoms with E-state index in [0.29, 0.717) is 17.8 Å². The number of piperidine rings is 3. The van der Waals surface area contributed by atoms with Crippen molar-refractivity contribution in [2.75, 3.05) is 53.5 Å². The van der Waals surface area contributed by atoms with Gasteiger partial charge in [0.05, 0.1) is 19.1 Å². The number of rotatable bonds is 11. The molecule has 0 aliphatic carbocycles. The van der Waals surface area contributed by atoms with Crippen molar-refractivity contribution in [2.45, 2.75) is 92.6 Å². The quantitative estimate of drug-likeness (QED) is 0.119. The van der Waals surface area contributed by atoms with Crippen LogP contribution in [0, 0.1) is 18.6 Å². The Hall–Kier alpha value is -4.00. The summed E-state index contributed by atoms with van der Waals surface area (Å²) >= 11 is 11.0. The molecule has 342 valence electrons. The molecule has 0 radical (unpaired) electrons. The molecule has 3 fully saturated rings. The molecule has 6 aromatic carbocycles. The lowest BCUT2D eigenvalue weighted by Crippen LogP contribution is -2.26. The topological polar surface area (TPSA) is 54.5 Å². The van der Waals surface area contributed by atoms with E-state index in [9.17, 15) is 8.78 Å². The molecule has 9 rings (SSSR count). The van der Waals surface area contributed by atoms with Crippen LogP contribution in [-0.4, -0.2) is 53.5 Å². The monoisotopic (exact) mass is 951 g/mol. The zero-order chi connectivity index (χ0) is 45.4. The van der Waals surface area contributed by atoms with Crippen molar-refractivity contribution in [3.63, 3.8) is 0 Å². The first-order chi connectivity index (χ1) is 31.8. The average Bonchev–Trinajstić information content (AvgIpc) is 3.35. The number of hydrogen-bond acceptors (Lipinski definition) is 8. The second-order valence-corrected chi connectivity index (χ2v) is 20.3. The second kappa shape index (κ2) is 25.2. The highest BCUT2D eigenvalue weighted by Crippen LogP contribution is 2.41. The van der Waals surface area contributed by atoms with E-state index in [1.807, 2.05) is 84.6 Å². The molecule has 5 nitrogen and oxygen atoms in total. The molecule has 0 unspecified atom stereocenters. The fourth-order valence-corrected chi connectivity index (χ4v) is 11.7. The molecule has 3 saturated heterocycles. The van der Waals surface area contributed by atoms with Crippen LogP contribution in [0.25, 0.3) is 0 Å². The van der Waals surface area contributed by atoms with Gasteiger partial charge in [-0.05, 0) is 222 Å². The Morgan fingerprint density at radius 1 is 0.492 bits per heavy atom. The van der Waals surface area contributed by atoms with E-state index in [-0.39, 0.29) is 11.6 Å². The average molecular weight is 953 g/mol.